The minimum Gasteiger partial charge on any atom is -0.455 e. The number of nitrogens with one attached hydrogen (secondary N) is 1. The number of fused-ring (bicyclic) bond motifs is 1. The first kappa shape index (κ1) is 50.2. The fourth-order valence-corrected chi connectivity index (χ4v) is 8.66. The van der Waals surface area contributed by atoms with Gasteiger partial charge in [-0.1, -0.05) is 19.1 Å². The fraction of sp³-hybridized carbons (Fsp3) is 0.780. The van der Waals surface area contributed by atoms with Crippen molar-refractivity contribution in [3.63, 3.8) is 0 Å². The van der Waals surface area contributed by atoms with Crippen molar-refractivity contribution in [3.05, 3.63) is 24.5 Å². The lowest BCUT2D eigenvalue weighted by atomic mass is 9.83. The number of carbonyl (C=O) groups is 3. The molecule has 12 atom stereocenters. The topological polar surface area (TPSA) is 193 Å². The highest BCUT2D eigenvalue weighted by Crippen LogP contribution is 2.40. The number of nitrogens with zero attached hydrogens (tertiary/aromatic N) is 7. The van der Waals surface area contributed by atoms with Gasteiger partial charge in [-0.05, 0) is 105 Å². The van der Waals surface area contributed by atoms with Gasteiger partial charge in [-0.2, -0.15) is 8.98 Å². The normalized spacial score (nSPS) is 35.4. The van der Waals surface area contributed by atoms with Crippen molar-refractivity contribution in [3.8, 4) is 11.4 Å². The Bertz CT molecular complexity index is 1730. The molecule has 17 nitrogen and oxygen atoms in total. The number of Topliss-reactive ketones (excluding diaryl/α,β-unsaturated/α-hetero) is 1. The molecule has 3 saturated heterocycles. The zero-order valence-corrected chi connectivity index (χ0v) is 38.2. The van der Waals surface area contributed by atoms with Crippen LogP contribution in [-0.4, -0.2) is 164 Å². The van der Waals surface area contributed by atoms with Crippen molar-refractivity contribution in [2.75, 3.05) is 40.6 Å². The average Bonchev–Trinajstić information content (AvgIpc) is 3.79. The van der Waals surface area contributed by atoms with Crippen LogP contribution in [0.15, 0.2) is 24.5 Å². The zero-order chi connectivity index (χ0) is 45.3. The largest absolute Gasteiger partial charge is 0.455 e. The van der Waals surface area contributed by atoms with E-state index in [2.05, 4.69) is 25.8 Å². The van der Waals surface area contributed by atoms with Gasteiger partial charge in [0.15, 0.2) is 17.7 Å². The van der Waals surface area contributed by atoms with Gasteiger partial charge in [0, 0.05) is 63.3 Å². The molecule has 0 bridgehead atoms. The summed E-state index contributed by atoms with van der Waals surface area (Å²) in [5, 5.41) is 31.3. The summed E-state index contributed by atoms with van der Waals surface area (Å²) in [6, 6.07) is 2.24. The van der Waals surface area contributed by atoms with Gasteiger partial charge in [-0.15, -0.1) is 10.2 Å². The number of esters is 1. The number of methoxy groups -OCH3 is 1. The molecule has 5 heterocycles. The Morgan fingerprint density at radius 3 is 2.41 bits per heavy atom. The molecule has 4 unspecified atom stereocenters. The second-order valence-corrected chi connectivity index (χ2v) is 17.5. The number of ketones is 1. The second kappa shape index (κ2) is 21.8. The van der Waals surface area contributed by atoms with E-state index in [0.717, 1.165) is 6.92 Å². The highest BCUT2D eigenvalue weighted by molar-refractivity contribution is 7.93. The Hall–Kier alpha value is -3.40. The average molecular weight is 885 g/mol. The van der Waals surface area contributed by atoms with Crippen molar-refractivity contribution < 1.29 is 51.5 Å². The van der Waals surface area contributed by atoms with E-state index >= 15 is 4.39 Å². The summed E-state index contributed by atoms with van der Waals surface area (Å²) in [4.78, 5) is 45.0. The van der Waals surface area contributed by atoms with Crippen LogP contribution in [0.5, 0.6) is 0 Å². The molecule has 2 aromatic heterocycles. The first-order valence-corrected chi connectivity index (χ1v) is 22.1. The monoisotopic (exact) mass is 884 g/mol. The second-order valence-electron chi connectivity index (χ2n) is 17.2. The lowest BCUT2D eigenvalue weighted by Crippen LogP contribution is -2.61. The van der Waals surface area contributed by atoms with E-state index in [1.165, 1.54) is 13.4 Å². The number of aliphatic hydroxyl groups excluding tert-OH is 1. The van der Waals surface area contributed by atoms with Gasteiger partial charge in [-0.25, -0.2) is 14.0 Å². The van der Waals surface area contributed by atoms with Crippen molar-refractivity contribution in [2.24, 2.45) is 5.92 Å². The molecule has 20 heteroatoms. The molecule has 61 heavy (non-hydrogen) atoms. The van der Waals surface area contributed by atoms with E-state index in [1.54, 1.807) is 54.9 Å². The lowest BCUT2D eigenvalue weighted by molar-refractivity contribution is -0.289. The van der Waals surface area contributed by atoms with Crippen LogP contribution in [-0.2, 0) is 39.8 Å². The molecule has 0 saturated carbocycles. The molecule has 344 valence electrons. The number of aliphatic hydroxyl groups is 1. The standard InChI is InChI=1S/C40H63FN8O9.CH3FS/c1-11-31-40(7)34(49(37(53)58-40)18-13-12-17-48-23-28(45-46-48)27-15-14-16-43-44-27)26(4)42-22-24(2)21-38(5,54-10)32(20-30(50)39(6,41)36(52)57-31)56-35-33(51)29(47(8)9)19-25(3)55-35;1-3-2/h14-16,23-26,29,31-35,42,51H,11-13,17-22H2,1-10H3;1H3/t24-,25?,26-,29?,31-,32-,33?,34-,35+,38-,39?,40-;/m1./s1. The molecule has 3 fully saturated rings. The number of aromatic nitrogens is 5. The third-order valence-electron chi connectivity index (χ3n) is 12.1. The molecule has 3 aliphatic rings. The van der Waals surface area contributed by atoms with Crippen LogP contribution in [0.4, 0.5) is 13.1 Å². The highest BCUT2D eigenvalue weighted by Gasteiger charge is 2.59. The number of hydrogen-bond donors (Lipinski definition) is 2. The Labute approximate surface area is 362 Å². The van der Waals surface area contributed by atoms with E-state index < -0.39 is 77.8 Å². The molecule has 3 aliphatic heterocycles. The number of unbranched alkanes of at least 4 members (excludes halogenated alkanes) is 1. The summed E-state index contributed by atoms with van der Waals surface area (Å²) >= 11 is 0.250. The maximum absolute atomic E-state index is 16.7. The van der Waals surface area contributed by atoms with E-state index in [1.807, 2.05) is 39.8 Å². The van der Waals surface area contributed by atoms with Crippen LogP contribution in [0.2, 0.25) is 0 Å². The van der Waals surface area contributed by atoms with E-state index in [0.29, 0.717) is 56.7 Å². The first-order valence-electron chi connectivity index (χ1n) is 21.0. The Morgan fingerprint density at radius 1 is 1.10 bits per heavy atom. The van der Waals surface area contributed by atoms with Gasteiger partial charge >= 0.3 is 12.1 Å². The molecular weight excluding hydrogens is 819 g/mol. The van der Waals surface area contributed by atoms with E-state index in [-0.39, 0.29) is 36.6 Å². The summed E-state index contributed by atoms with van der Waals surface area (Å²) in [6.45, 7) is 13.2. The lowest BCUT2D eigenvalue weighted by Gasteiger charge is -2.45. The summed E-state index contributed by atoms with van der Waals surface area (Å²) in [7, 11) is 5.19. The molecule has 1 amide bonds. The SMILES string of the molecule is CC[C@H]1OC(=O)C(C)(F)C(=O)C[C@@H](O[C@@H]2OC(C)CC(N(C)C)C2O)[C@](C)(OC)C[C@@H](C)CN[C@H](C)[C@H]2N(CCCCn3cc(-c4cccnn4)nn3)C(=O)O[C@]12C.CSF. The van der Waals surface area contributed by atoms with Crippen molar-refractivity contribution in [2.45, 2.75) is 159 Å². The molecule has 0 radical (unpaired) electrons. The number of halogens is 2. The summed E-state index contributed by atoms with van der Waals surface area (Å²) < 4.78 is 59.1. The summed E-state index contributed by atoms with van der Waals surface area (Å²) in [5.41, 5.74) is -4.50. The third-order valence-corrected chi connectivity index (χ3v) is 12.1. The van der Waals surface area contributed by atoms with Gasteiger partial charge in [-0.3, -0.25) is 14.4 Å². The minimum absolute atomic E-state index is 0.104. The zero-order valence-electron chi connectivity index (χ0n) is 37.4. The number of alkyl halides is 1. The number of aryl methyl sites for hydroxylation is 1. The van der Waals surface area contributed by atoms with Gasteiger partial charge in [0.05, 0.1) is 30.0 Å². The summed E-state index contributed by atoms with van der Waals surface area (Å²) in [6.07, 6.45) is 1.14. The van der Waals surface area contributed by atoms with Crippen LogP contribution in [0.1, 0.15) is 87.0 Å². The van der Waals surface area contributed by atoms with Crippen LogP contribution < -0.4 is 5.32 Å². The number of carbonyl (C=O) groups excluding carboxylic acids is 3. The van der Waals surface area contributed by atoms with Crippen LogP contribution >= 0.6 is 12.1 Å². The van der Waals surface area contributed by atoms with Crippen LogP contribution in [0, 0.1) is 5.92 Å². The fourth-order valence-electron chi connectivity index (χ4n) is 8.66. The predicted octanol–water partition coefficient (Wildman–Crippen LogP) is 4.57. The van der Waals surface area contributed by atoms with Crippen LogP contribution in [0.25, 0.3) is 11.4 Å². The van der Waals surface area contributed by atoms with Crippen molar-refractivity contribution >= 4 is 30.0 Å². The quantitative estimate of drug-likeness (QED) is 0.181. The number of cyclic esters (lactones) is 1. The minimum atomic E-state index is -3.10. The molecular formula is C41H66F2N8O9S. The molecule has 2 aromatic rings. The predicted molar refractivity (Wildman–Crippen MR) is 224 cm³/mol. The number of rotatable bonds is 11. The number of hydrogen-bond acceptors (Lipinski definition) is 16. The van der Waals surface area contributed by atoms with Gasteiger partial charge < -0.3 is 39.0 Å². The molecule has 5 rings (SSSR count). The van der Waals surface area contributed by atoms with Gasteiger partial charge in [0.25, 0.3) is 5.67 Å². The van der Waals surface area contributed by atoms with Crippen LogP contribution in [0.3, 0.4) is 0 Å². The Kier molecular flexibility index (Phi) is 18.0. The first-order chi connectivity index (χ1) is 28.8. The van der Waals surface area contributed by atoms with E-state index in [4.69, 9.17) is 23.7 Å². The number of ether oxygens (including phenoxy) is 5. The van der Waals surface area contributed by atoms with Gasteiger partial charge in [0.1, 0.15) is 23.6 Å². The maximum Gasteiger partial charge on any atom is 0.410 e. The Balaban J connectivity index is 0.00000265. The Morgan fingerprint density at radius 2 is 1.79 bits per heavy atom. The summed E-state index contributed by atoms with van der Waals surface area (Å²) in [5.74, 6) is -2.59. The highest BCUT2D eigenvalue weighted by atomic mass is 32.2. The smallest absolute Gasteiger partial charge is 0.410 e. The maximum atomic E-state index is 16.7. The molecule has 2 N–H and O–H groups in total. The number of likely N-dealkylation sites (N-methyl/N-ethyl adjacent to an activating group) is 1. The molecule has 0 aliphatic carbocycles. The number of amides is 1. The van der Waals surface area contributed by atoms with Gasteiger partial charge in [0.2, 0.25) is 0 Å². The van der Waals surface area contributed by atoms with E-state index in [9.17, 15) is 23.4 Å². The third kappa shape index (κ3) is 12.0. The van der Waals surface area contributed by atoms with Crippen molar-refractivity contribution in [1.82, 2.24) is 40.3 Å². The molecule has 0 spiro atoms. The van der Waals surface area contributed by atoms with Crippen molar-refractivity contribution in [1.29, 1.82) is 0 Å². The molecule has 0 aromatic carbocycles.